The van der Waals surface area contributed by atoms with E-state index in [4.69, 9.17) is 0 Å². The summed E-state index contributed by atoms with van der Waals surface area (Å²) >= 11 is 0. The van der Waals surface area contributed by atoms with Gasteiger partial charge in [-0.15, -0.1) is 0 Å². The van der Waals surface area contributed by atoms with Crippen LogP contribution < -0.4 is 0 Å². The van der Waals surface area contributed by atoms with E-state index in [-0.39, 0.29) is 19.8 Å². The van der Waals surface area contributed by atoms with Crippen molar-refractivity contribution in [1.82, 2.24) is 0 Å². The highest BCUT2D eigenvalue weighted by Crippen LogP contribution is 2.25. The Bertz CT molecular complexity index is 2890. The fourth-order valence-corrected chi connectivity index (χ4v) is 18.9. The van der Waals surface area contributed by atoms with Gasteiger partial charge >= 0.3 is 0 Å². The van der Waals surface area contributed by atoms with Gasteiger partial charge in [0.2, 0.25) is 18.8 Å². The molecule has 0 aliphatic heterocycles. The molecule has 0 saturated heterocycles. The van der Waals surface area contributed by atoms with E-state index >= 15 is 0 Å². The van der Waals surface area contributed by atoms with Crippen LogP contribution in [0.3, 0.4) is 0 Å². The molecule has 0 N–H and O–H groups in total. The maximum absolute atomic E-state index is 11.3. The minimum atomic E-state index is -4.18. The average Bonchev–Trinajstić information content (AvgIpc) is 3.21. The van der Waals surface area contributed by atoms with Crippen molar-refractivity contribution < 1.29 is 139 Å². The summed E-state index contributed by atoms with van der Waals surface area (Å²) in [5.74, 6) is 0. The van der Waals surface area contributed by atoms with Crippen molar-refractivity contribution in [3.05, 3.63) is 0 Å². The lowest BCUT2D eigenvalue weighted by molar-refractivity contribution is 0.320. The van der Waals surface area contributed by atoms with E-state index in [0.717, 1.165) is 69.7 Å². The Morgan fingerprint density at radius 3 is 0.838 bits per heavy atom. The lowest BCUT2D eigenvalue weighted by Gasteiger charge is -2.21. The molecule has 74 heavy (non-hydrogen) atoms. The molecular weight excluding hydrogens is 1260 g/mol. The van der Waals surface area contributed by atoms with Gasteiger partial charge in [-0.05, 0) is 68.7 Å². The summed E-state index contributed by atoms with van der Waals surface area (Å²) in [4.78, 5) is 0. The van der Waals surface area contributed by atoms with Crippen molar-refractivity contribution in [2.45, 2.75) is 94.8 Å². The Labute approximate surface area is 439 Å². The summed E-state index contributed by atoms with van der Waals surface area (Å²) in [6, 6.07) is 0. The lowest BCUT2D eigenvalue weighted by Crippen LogP contribution is -2.41. The van der Waals surface area contributed by atoms with Gasteiger partial charge in [0.15, 0.2) is 39.7 Å². The SMILES string of the molecule is CC(C)S(=O)(=O)CS(=O)(=O)C(C)C.CCCOS(=O)(=O)CS(C)(=O)=O.CCOS(=O)(=O)CS(=O)(=O)OCC.COS(=O)(=O)C(C)(C)S(=O)(=O)OC.COS(=O)(=O)C(C)S(=O)(=O)OC.COS(=O)(=O)CS(=O)(=O)OC. The van der Waals surface area contributed by atoms with Crippen LogP contribution in [0.2, 0.25) is 0 Å². The molecule has 0 aliphatic carbocycles. The standard InChI is InChI=1S/C7H16O4S2.2C5H12O6S2.C5H12O5S2.C4H10O6S2.C3H8O6S2/c1-6(2)12(8,9)5-13(10,11)7(3)4;1-5(2,12(6,7)10-3)13(8,9)11-4;1-3-10-12(6,7)5-13(8,9)11-4-2;1-3-4-10-12(8,9)5-11(2,6)7;1-4(11(5,6)9-2)12(7,8)10-3;1-8-10(4,5)3-11(6,7)9-2/h6-7H,5H2,1-4H3;1-4H3;3-5H2,1-2H3;3-5H2,1-2H3;4H,1-3H3;3H2,1-2H3. The van der Waals surface area contributed by atoms with Crippen LogP contribution in [0.4, 0.5) is 0 Å². The normalized spacial score (nSPS) is 13.6. The Morgan fingerprint density at radius 1 is 0.365 bits per heavy atom. The zero-order chi connectivity index (χ0) is 61.3. The molecule has 456 valence electrons. The minimum Gasteiger partial charge on any atom is -0.273 e. The molecule has 45 heteroatoms. The second-order valence-corrected chi connectivity index (χ2v) is 40.3. The molecule has 0 aromatic rings. The Hall–Kier alpha value is -0.960. The molecular formula is C29H70O33S12. The van der Waals surface area contributed by atoms with E-state index in [1.807, 2.05) is 0 Å². The lowest BCUT2D eigenvalue weighted by atomic mass is 10.5. The molecule has 0 saturated carbocycles. The van der Waals surface area contributed by atoms with Crippen molar-refractivity contribution in [3.63, 3.8) is 0 Å². The molecule has 0 atom stereocenters. The second kappa shape index (κ2) is 34.2. The first kappa shape index (κ1) is 84.3. The van der Waals surface area contributed by atoms with E-state index in [9.17, 15) is 101 Å². The Balaban J connectivity index is -0.000000188. The van der Waals surface area contributed by atoms with Crippen LogP contribution in [-0.2, 0) is 158 Å². The smallest absolute Gasteiger partial charge is 0.273 e. The van der Waals surface area contributed by atoms with Crippen molar-refractivity contribution in [2.75, 3.05) is 89.1 Å². The fraction of sp³-hybridized carbons (Fsp3) is 1.00. The quantitative estimate of drug-likeness (QED) is 0.0793. The van der Waals surface area contributed by atoms with Gasteiger partial charge in [0.1, 0.15) is 0 Å². The van der Waals surface area contributed by atoms with Gasteiger partial charge in [-0.25, -0.2) is 25.3 Å². The maximum atomic E-state index is 11.3. The molecule has 0 amide bonds. The molecule has 0 aromatic carbocycles. The van der Waals surface area contributed by atoms with Gasteiger partial charge in [-0.1, -0.05) is 6.92 Å². The molecule has 0 bridgehead atoms. The third-order valence-electron chi connectivity index (χ3n) is 7.19. The van der Waals surface area contributed by atoms with Gasteiger partial charge in [-0.2, -0.15) is 75.8 Å². The molecule has 0 radical (unpaired) electrons. The molecule has 33 nitrogen and oxygen atoms in total. The van der Waals surface area contributed by atoms with Crippen LogP contribution in [0.1, 0.15) is 75.7 Å². The van der Waals surface area contributed by atoms with Gasteiger partial charge < -0.3 is 0 Å². The largest absolute Gasteiger partial charge is 0.289 e. The highest BCUT2D eigenvalue weighted by Gasteiger charge is 2.48. The summed E-state index contributed by atoms with van der Waals surface area (Å²) in [5.41, 5.74) is 0. The zero-order valence-corrected chi connectivity index (χ0v) is 53.1. The van der Waals surface area contributed by atoms with E-state index in [2.05, 4.69) is 37.6 Å². The third kappa shape index (κ3) is 37.8. The summed E-state index contributed by atoms with van der Waals surface area (Å²) < 4.78 is 294. The van der Waals surface area contributed by atoms with Gasteiger partial charge in [-0.3, -0.25) is 37.6 Å². The monoisotopic (exact) mass is 1330 g/mol. The highest BCUT2D eigenvalue weighted by molar-refractivity contribution is 8.09. The van der Waals surface area contributed by atoms with Crippen LogP contribution in [-0.4, -0.2) is 209 Å². The van der Waals surface area contributed by atoms with Gasteiger partial charge in [0.25, 0.3) is 91.1 Å². The minimum absolute atomic E-state index is 0.0256. The van der Waals surface area contributed by atoms with E-state index < -0.39 is 160 Å². The molecule has 0 fully saturated rings. The first-order chi connectivity index (χ1) is 32.4. The van der Waals surface area contributed by atoms with Crippen molar-refractivity contribution in [3.8, 4) is 0 Å². The van der Waals surface area contributed by atoms with E-state index in [0.29, 0.717) is 6.42 Å². The molecule has 0 aliphatic rings. The van der Waals surface area contributed by atoms with E-state index in [1.54, 1.807) is 6.92 Å². The predicted molar refractivity (Wildman–Crippen MR) is 268 cm³/mol. The molecule has 0 aromatic heterocycles. The molecule has 0 heterocycles. The molecule has 0 rings (SSSR count). The van der Waals surface area contributed by atoms with Crippen LogP contribution in [0, 0.1) is 0 Å². The molecule has 0 spiro atoms. The van der Waals surface area contributed by atoms with Crippen molar-refractivity contribution in [2.24, 2.45) is 0 Å². The number of rotatable bonds is 27. The van der Waals surface area contributed by atoms with Crippen LogP contribution in [0.5, 0.6) is 0 Å². The zero-order valence-electron chi connectivity index (χ0n) is 43.3. The average molecular weight is 1330 g/mol. The van der Waals surface area contributed by atoms with Crippen molar-refractivity contribution >= 4 is 121 Å². The second-order valence-electron chi connectivity index (χ2n) is 14.1. The first-order valence-corrected chi connectivity index (χ1v) is 38.5. The van der Waals surface area contributed by atoms with E-state index in [1.165, 1.54) is 41.5 Å². The summed E-state index contributed by atoms with van der Waals surface area (Å²) in [7, 11) is -41.7. The highest BCUT2D eigenvalue weighted by atomic mass is 32.3. The number of sulfone groups is 3. The first-order valence-electron chi connectivity index (χ1n) is 19.4. The van der Waals surface area contributed by atoms with Crippen LogP contribution in [0.25, 0.3) is 0 Å². The summed E-state index contributed by atoms with van der Waals surface area (Å²) in [6.45, 7) is 13.3. The predicted octanol–water partition coefficient (Wildman–Crippen LogP) is -2.13. The number of hydrogen-bond donors (Lipinski definition) is 0. The van der Waals surface area contributed by atoms with Crippen molar-refractivity contribution in [1.29, 1.82) is 0 Å². The van der Waals surface area contributed by atoms with Gasteiger partial charge in [0, 0.05) is 6.26 Å². The van der Waals surface area contributed by atoms with Crippen LogP contribution >= 0.6 is 0 Å². The summed E-state index contributed by atoms with van der Waals surface area (Å²) in [6.07, 6.45) is 1.38. The number of hydrogen-bond acceptors (Lipinski definition) is 33. The Kier molecular flexibility index (Phi) is 39.0. The third-order valence-corrected chi connectivity index (χ3v) is 31.4. The Morgan fingerprint density at radius 2 is 0.635 bits per heavy atom. The van der Waals surface area contributed by atoms with Crippen LogP contribution in [0.15, 0.2) is 0 Å². The molecule has 0 unspecified atom stereocenters. The maximum Gasteiger partial charge on any atom is 0.289 e. The van der Waals surface area contributed by atoms with Gasteiger partial charge in [0.05, 0.1) is 73.0 Å². The summed E-state index contributed by atoms with van der Waals surface area (Å²) in [5, 5.41) is -5.26. The fourth-order valence-electron chi connectivity index (χ4n) is 2.83. The topological polar surface area (TPSA) is 493 Å².